The van der Waals surface area contributed by atoms with E-state index in [1.54, 1.807) is 0 Å². The van der Waals surface area contributed by atoms with Crippen molar-refractivity contribution in [1.29, 1.82) is 0 Å². The van der Waals surface area contributed by atoms with Gasteiger partial charge in [0.25, 0.3) is 0 Å². The van der Waals surface area contributed by atoms with Crippen molar-refractivity contribution in [3.8, 4) is 0 Å². The molecule has 2 aromatic heterocycles. The summed E-state index contributed by atoms with van der Waals surface area (Å²) in [7, 11) is 0. The average molecular weight is 430 g/mol. The first-order chi connectivity index (χ1) is 14.7. The summed E-state index contributed by atoms with van der Waals surface area (Å²) in [5.74, 6) is 3.95. The molecule has 1 aliphatic carbocycles. The zero-order valence-electron chi connectivity index (χ0n) is 18.3. The van der Waals surface area contributed by atoms with Gasteiger partial charge in [-0.25, -0.2) is 4.68 Å². The average Bonchev–Trinajstić information content (AvgIpc) is 3.19. The summed E-state index contributed by atoms with van der Waals surface area (Å²) in [5, 5.41) is 14.0. The van der Waals surface area contributed by atoms with Gasteiger partial charge < -0.3 is 9.13 Å². The molecule has 0 N–H and O–H groups in total. The van der Waals surface area contributed by atoms with Crippen molar-refractivity contribution in [1.82, 2.24) is 34.0 Å². The second-order valence-electron chi connectivity index (χ2n) is 9.49. The maximum atomic E-state index is 5.88. The van der Waals surface area contributed by atoms with Gasteiger partial charge in [-0.05, 0) is 64.2 Å². The lowest BCUT2D eigenvalue weighted by atomic mass is 9.95. The van der Waals surface area contributed by atoms with Crippen molar-refractivity contribution < 1.29 is 0 Å². The molecule has 0 amide bonds. The van der Waals surface area contributed by atoms with Gasteiger partial charge in [-0.15, -0.1) is 10.2 Å². The molecule has 0 radical (unpaired) electrons. The summed E-state index contributed by atoms with van der Waals surface area (Å²) in [6.07, 6.45) is 13.8. The van der Waals surface area contributed by atoms with Gasteiger partial charge in [0, 0.05) is 31.5 Å². The Labute approximate surface area is 184 Å². The molecule has 7 nitrogen and oxygen atoms in total. The molecular formula is C22H35N7S. The number of piperidine rings is 1. The van der Waals surface area contributed by atoms with Crippen molar-refractivity contribution in [3.05, 3.63) is 22.2 Å². The Morgan fingerprint density at radius 1 is 0.933 bits per heavy atom. The fourth-order valence-corrected chi connectivity index (χ4v) is 6.15. The summed E-state index contributed by atoms with van der Waals surface area (Å²) in [5.41, 5.74) is 0. The summed E-state index contributed by atoms with van der Waals surface area (Å²) >= 11 is 5.88. The molecule has 3 aliphatic rings. The second kappa shape index (κ2) is 8.91. The quantitative estimate of drug-likeness (QED) is 0.675. The van der Waals surface area contributed by atoms with Crippen LogP contribution in [-0.2, 0) is 19.6 Å². The normalized spacial score (nSPS) is 24.0. The van der Waals surface area contributed by atoms with Crippen molar-refractivity contribution in [2.45, 2.75) is 103 Å². The highest BCUT2D eigenvalue weighted by Crippen LogP contribution is 2.30. The second-order valence-corrected chi connectivity index (χ2v) is 9.85. The minimum atomic E-state index is 0.466. The van der Waals surface area contributed by atoms with Crippen LogP contribution in [0.3, 0.4) is 0 Å². The first-order valence-corrected chi connectivity index (χ1v) is 12.4. The van der Waals surface area contributed by atoms with Crippen LogP contribution in [0.15, 0.2) is 0 Å². The predicted octanol–water partition coefficient (Wildman–Crippen LogP) is 4.38. The van der Waals surface area contributed by atoms with Gasteiger partial charge in [-0.1, -0.05) is 25.7 Å². The molecule has 164 valence electrons. The third-order valence-corrected chi connectivity index (χ3v) is 7.73. The summed E-state index contributed by atoms with van der Waals surface area (Å²) in [6.45, 7) is 6.12. The number of aromatic nitrogens is 6. The lowest BCUT2D eigenvalue weighted by molar-refractivity contribution is 0.151. The van der Waals surface area contributed by atoms with E-state index in [0.717, 1.165) is 43.3 Å². The number of rotatable bonds is 4. The fraction of sp³-hybridized carbons (Fsp3) is 0.818. The number of aryl methyl sites for hydroxylation is 2. The van der Waals surface area contributed by atoms with Crippen LogP contribution < -0.4 is 0 Å². The minimum Gasteiger partial charge on any atom is -0.315 e. The van der Waals surface area contributed by atoms with Gasteiger partial charge in [-0.3, -0.25) is 4.90 Å². The molecule has 2 aliphatic heterocycles. The van der Waals surface area contributed by atoms with Crippen molar-refractivity contribution in [2.75, 3.05) is 13.1 Å². The van der Waals surface area contributed by atoms with E-state index in [2.05, 4.69) is 35.8 Å². The van der Waals surface area contributed by atoms with Gasteiger partial charge in [0.05, 0.1) is 6.67 Å². The predicted molar refractivity (Wildman–Crippen MR) is 119 cm³/mol. The van der Waals surface area contributed by atoms with E-state index in [0.29, 0.717) is 12.0 Å². The van der Waals surface area contributed by atoms with E-state index < -0.39 is 0 Å². The number of hydrogen-bond acceptors (Lipinski definition) is 5. The molecular weight excluding hydrogens is 394 g/mol. The van der Waals surface area contributed by atoms with Crippen molar-refractivity contribution >= 4 is 12.2 Å². The van der Waals surface area contributed by atoms with Gasteiger partial charge >= 0.3 is 0 Å². The van der Waals surface area contributed by atoms with Crippen LogP contribution >= 0.6 is 12.2 Å². The molecule has 1 saturated heterocycles. The van der Waals surface area contributed by atoms with Gasteiger partial charge in [0.2, 0.25) is 0 Å². The lowest BCUT2D eigenvalue weighted by Gasteiger charge is -2.32. The van der Waals surface area contributed by atoms with Crippen LogP contribution in [0.1, 0.15) is 93.6 Å². The van der Waals surface area contributed by atoms with Gasteiger partial charge in [0.1, 0.15) is 17.5 Å². The van der Waals surface area contributed by atoms with Crippen molar-refractivity contribution in [3.63, 3.8) is 0 Å². The Balaban J connectivity index is 1.31. The minimum absolute atomic E-state index is 0.466. The molecule has 1 atom stereocenters. The maximum absolute atomic E-state index is 5.88. The van der Waals surface area contributed by atoms with Gasteiger partial charge in [0.15, 0.2) is 4.77 Å². The summed E-state index contributed by atoms with van der Waals surface area (Å²) in [6, 6.07) is 0.542. The highest BCUT2D eigenvalue weighted by Gasteiger charge is 2.28. The SMILES string of the molecule is Cc1nn(CN2CCC[C@H](c3nnc4n3CCCCC4)C2)c(=S)n1C1CCCCC1. The smallest absolute Gasteiger partial charge is 0.199 e. The first-order valence-electron chi connectivity index (χ1n) is 12.0. The number of likely N-dealkylation sites (tertiary alicyclic amines) is 1. The Hall–Kier alpha value is -1.54. The van der Waals surface area contributed by atoms with Gasteiger partial charge in [-0.2, -0.15) is 5.10 Å². The molecule has 1 saturated carbocycles. The number of fused-ring (bicyclic) bond motifs is 1. The Morgan fingerprint density at radius 3 is 2.63 bits per heavy atom. The first kappa shape index (κ1) is 20.4. The molecule has 4 heterocycles. The van der Waals surface area contributed by atoms with Crippen LogP contribution in [0.5, 0.6) is 0 Å². The van der Waals surface area contributed by atoms with E-state index in [4.69, 9.17) is 17.3 Å². The largest absolute Gasteiger partial charge is 0.315 e. The van der Waals surface area contributed by atoms with E-state index in [-0.39, 0.29) is 0 Å². The van der Waals surface area contributed by atoms with Crippen LogP contribution in [0, 0.1) is 11.7 Å². The summed E-state index contributed by atoms with van der Waals surface area (Å²) in [4.78, 5) is 2.51. The highest BCUT2D eigenvalue weighted by atomic mass is 32.1. The van der Waals surface area contributed by atoms with Crippen LogP contribution in [0.25, 0.3) is 0 Å². The zero-order valence-corrected chi connectivity index (χ0v) is 19.1. The lowest BCUT2D eigenvalue weighted by Crippen LogP contribution is -2.37. The zero-order chi connectivity index (χ0) is 20.5. The Morgan fingerprint density at radius 2 is 1.77 bits per heavy atom. The highest BCUT2D eigenvalue weighted by molar-refractivity contribution is 7.71. The molecule has 0 spiro atoms. The topological polar surface area (TPSA) is 56.7 Å². The van der Waals surface area contributed by atoms with E-state index in [1.165, 1.54) is 75.9 Å². The Kier molecular flexibility index (Phi) is 6.05. The molecule has 2 aromatic rings. The van der Waals surface area contributed by atoms with Crippen molar-refractivity contribution in [2.24, 2.45) is 0 Å². The molecule has 0 aromatic carbocycles. The molecule has 2 fully saturated rings. The van der Waals surface area contributed by atoms with Crippen LogP contribution in [-0.4, -0.2) is 47.1 Å². The van der Waals surface area contributed by atoms with Crippen LogP contribution in [0.2, 0.25) is 0 Å². The maximum Gasteiger partial charge on any atom is 0.199 e. The van der Waals surface area contributed by atoms with Crippen LogP contribution in [0.4, 0.5) is 0 Å². The third kappa shape index (κ3) is 4.00. The Bertz CT molecular complexity index is 921. The number of nitrogens with zero attached hydrogens (tertiary/aromatic N) is 7. The molecule has 0 unspecified atom stereocenters. The standard InChI is InChI=1S/C22H35N7S/c1-17-25-28(22(30)29(17)19-10-4-2-5-11-19)16-26-13-8-9-18(15-26)21-24-23-20-12-6-3-7-14-27(20)21/h18-19H,2-16H2,1H3/t18-/m0/s1. The summed E-state index contributed by atoms with van der Waals surface area (Å²) < 4.78 is 7.72. The third-order valence-electron chi connectivity index (χ3n) is 7.32. The van der Waals surface area contributed by atoms with E-state index in [1.807, 2.05) is 0 Å². The van der Waals surface area contributed by atoms with E-state index in [9.17, 15) is 0 Å². The molecule has 30 heavy (non-hydrogen) atoms. The molecule has 5 rings (SSSR count). The molecule has 0 bridgehead atoms. The monoisotopic (exact) mass is 429 g/mol. The van der Waals surface area contributed by atoms with E-state index >= 15 is 0 Å². The number of hydrogen-bond donors (Lipinski definition) is 0. The molecule has 8 heteroatoms. The fourth-order valence-electron chi connectivity index (χ4n) is 5.77.